The van der Waals surface area contributed by atoms with E-state index >= 15 is 0 Å². The lowest BCUT2D eigenvalue weighted by atomic mass is 9.89. The molecule has 164 valence electrons. The van der Waals surface area contributed by atoms with Gasteiger partial charge in [-0.15, -0.1) is 13.2 Å². The van der Waals surface area contributed by atoms with Gasteiger partial charge in [0.05, 0.1) is 18.9 Å². The van der Waals surface area contributed by atoms with E-state index in [0.717, 1.165) is 41.6 Å². The monoisotopic (exact) mass is 434 g/mol. The number of piperidine rings is 1. The Labute approximate surface area is 175 Å². The summed E-state index contributed by atoms with van der Waals surface area (Å²) in [5.74, 6) is 0.154. The average Bonchev–Trinajstić information content (AvgIpc) is 3.15. The molecule has 7 nitrogen and oxygen atoms in total. The highest BCUT2D eigenvalue weighted by Gasteiger charge is 2.32. The summed E-state index contributed by atoms with van der Waals surface area (Å²) in [7, 11) is 1.59. The van der Waals surface area contributed by atoms with Crippen molar-refractivity contribution >= 4 is 22.6 Å². The van der Waals surface area contributed by atoms with E-state index in [1.54, 1.807) is 18.2 Å². The number of amides is 1. The largest absolute Gasteiger partial charge is 0.573 e. The number of alkyl halides is 3. The van der Waals surface area contributed by atoms with E-state index < -0.39 is 12.1 Å². The number of nitrogens with zero attached hydrogens (tertiary/aromatic N) is 2. The SMILES string of the molecule is COc1cnc2[nH]cc(C3CCN(C(=O)c4ccc(OC(F)(F)F)cc4N)CC3)c2c1. The molecule has 0 atom stereocenters. The summed E-state index contributed by atoms with van der Waals surface area (Å²) in [5.41, 5.74) is 7.84. The van der Waals surface area contributed by atoms with Gasteiger partial charge in [0.1, 0.15) is 17.1 Å². The number of carbonyl (C=O) groups is 1. The van der Waals surface area contributed by atoms with Crippen LogP contribution in [-0.4, -0.2) is 47.3 Å². The Morgan fingerprint density at radius 3 is 2.61 bits per heavy atom. The summed E-state index contributed by atoms with van der Waals surface area (Å²) in [6.45, 7) is 1.02. The van der Waals surface area contributed by atoms with Gasteiger partial charge in [0.2, 0.25) is 0 Å². The molecular weight excluding hydrogens is 413 g/mol. The van der Waals surface area contributed by atoms with Gasteiger partial charge in [0, 0.05) is 36.4 Å². The molecule has 0 bridgehead atoms. The Morgan fingerprint density at radius 2 is 1.97 bits per heavy atom. The van der Waals surface area contributed by atoms with Crippen molar-refractivity contribution < 1.29 is 27.4 Å². The molecule has 2 aromatic heterocycles. The first-order valence-corrected chi connectivity index (χ1v) is 9.70. The van der Waals surface area contributed by atoms with Crippen LogP contribution in [0.3, 0.4) is 0 Å². The Morgan fingerprint density at radius 1 is 1.23 bits per heavy atom. The average molecular weight is 434 g/mol. The van der Waals surface area contributed by atoms with Gasteiger partial charge in [-0.2, -0.15) is 0 Å². The standard InChI is InChI=1S/C21H21F3N4O3/c1-30-14-8-16-17(11-27-19(16)26-10-14)12-4-6-28(7-5-12)20(29)15-3-2-13(9-18(15)25)31-21(22,23)24/h2-3,8-12H,4-7,25H2,1H3,(H,26,27). The maximum Gasteiger partial charge on any atom is 0.573 e. The summed E-state index contributed by atoms with van der Waals surface area (Å²) in [4.78, 5) is 22.0. The second-order valence-electron chi connectivity index (χ2n) is 7.38. The number of anilines is 1. The van der Waals surface area contributed by atoms with Crippen LogP contribution in [-0.2, 0) is 0 Å². The van der Waals surface area contributed by atoms with Crippen molar-refractivity contribution in [3.05, 3.63) is 47.8 Å². The first-order chi connectivity index (χ1) is 14.7. The number of benzene rings is 1. The highest BCUT2D eigenvalue weighted by Crippen LogP contribution is 2.35. The number of halogens is 3. The van der Waals surface area contributed by atoms with Gasteiger partial charge in [-0.05, 0) is 42.5 Å². The minimum absolute atomic E-state index is 0.0522. The van der Waals surface area contributed by atoms with Crippen molar-refractivity contribution in [3.8, 4) is 11.5 Å². The number of methoxy groups -OCH3 is 1. The molecule has 4 rings (SSSR count). The Kier molecular flexibility index (Phi) is 5.38. The lowest BCUT2D eigenvalue weighted by Crippen LogP contribution is -2.38. The molecule has 1 aliphatic heterocycles. The molecule has 0 spiro atoms. The van der Waals surface area contributed by atoms with Crippen LogP contribution < -0.4 is 15.2 Å². The van der Waals surface area contributed by atoms with Gasteiger partial charge in [-0.1, -0.05) is 0 Å². The Bertz CT molecular complexity index is 1100. The highest BCUT2D eigenvalue weighted by atomic mass is 19.4. The van der Waals surface area contributed by atoms with Crippen LogP contribution in [0.2, 0.25) is 0 Å². The number of H-pyrrole nitrogens is 1. The summed E-state index contributed by atoms with van der Waals surface area (Å²) >= 11 is 0. The molecule has 0 radical (unpaired) electrons. The van der Waals surface area contributed by atoms with Crippen LogP contribution in [0.4, 0.5) is 18.9 Å². The maximum absolute atomic E-state index is 12.9. The zero-order chi connectivity index (χ0) is 22.2. The Hall–Kier alpha value is -3.43. The molecule has 0 unspecified atom stereocenters. The fourth-order valence-corrected chi connectivity index (χ4v) is 3.95. The van der Waals surface area contributed by atoms with E-state index in [9.17, 15) is 18.0 Å². The zero-order valence-electron chi connectivity index (χ0n) is 16.7. The molecule has 10 heteroatoms. The lowest BCUT2D eigenvalue weighted by molar-refractivity contribution is -0.274. The van der Waals surface area contributed by atoms with Crippen LogP contribution in [0, 0.1) is 0 Å². The van der Waals surface area contributed by atoms with Gasteiger partial charge >= 0.3 is 6.36 Å². The smallest absolute Gasteiger partial charge is 0.495 e. The molecule has 3 N–H and O–H groups in total. The van der Waals surface area contributed by atoms with Gasteiger partial charge in [-0.3, -0.25) is 4.79 Å². The second-order valence-corrected chi connectivity index (χ2v) is 7.38. The van der Waals surface area contributed by atoms with Crippen LogP contribution in [0.5, 0.6) is 11.5 Å². The number of hydrogen-bond acceptors (Lipinski definition) is 5. The predicted octanol–water partition coefficient (Wildman–Crippen LogP) is 4.07. The van der Waals surface area contributed by atoms with Crippen LogP contribution >= 0.6 is 0 Å². The van der Waals surface area contributed by atoms with Crippen molar-refractivity contribution in [2.75, 3.05) is 25.9 Å². The minimum Gasteiger partial charge on any atom is -0.495 e. The summed E-state index contributed by atoms with van der Waals surface area (Å²) in [6.07, 6.45) is 0.258. The molecular formula is C21H21F3N4O3. The van der Waals surface area contributed by atoms with E-state index in [1.165, 1.54) is 6.07 Å². The van der Waals surface area contributed by atoms with Crippen LogP contribution in [0.1, 0.15) is 34.7 Å². The van der Waals surface area contributed by atoms with E-state index in [0.29, 0.717) is 18.8 Å². The number of nitrogen functional groups attached to an aromatic ring is 1. The number of aromatic amines is 1. The summed E-state index contributed by atoms with van der Waals surface area (Å²) in [5, 5.41) is 0.994. The number of aromatic nitrogens is 2. The van der Waals surface area contributed by atoms with Gasteiger partial charge in [-0.25, -0.2) is 4.98 Å². The zero-order valence-corrected chi connectivity index (χ0v) is 16.7. The molecule has 3 heterocycles. The van der Waals surface area contributed by atoms with Gasteiger partial charge < -0.3 is 25.1 Å². The van der Waals surface area contributed by atoms with E-state index in [1.807, 2.05) is 12.3 Å². The fourth-order valence-electron chi connectivity index (χ4n) is 3.95. The number of hydrogen-bond donors (Lipinski definition) is 2. The third kappa shape index (κ3) is 4.37. The molecule has 1 aromatic carbocycles. The highest BCUT2D eigenvalue weighted by molar-refractivity contribution is 5.99. The van der Waals surface area contributed by atoms with Crippen LogP contribution in [0.25, 0.3) is 11.0 Å². The molecule has 3 aromatic rings. The normalized spacial score (nSPS) is 15.3. The lowest BCUT2D eigenvalue weighted by Gasteiger charge is -2.32. The number of nitrogens with two attached hydrogens (primary N) is 1. The first-order valence-electron chi connectivity index (χ1n) is 9.70. The number of carbonyl (C=O) groups excluding carboxylic acids is 1. The Balaban J connectivity index is 1.45. The van der Waals surface area contributed by atoms with Crippen molar-refractivity contribution in [2.24, 2.45) is 0 Å². The van der Waals surface area contributed by atoms with Crippen molar-refractivity contribution in [3.63, 3.8) is 0 Å². The molecule has 1 saturated heterocycles. The maximum atomic E-state index is 12.9. The number of pyridine rings is 1. The topological polar surface area (TPSA) is 93.5 Å². The third-order valence-electron chi connectivity index (χ3n) is 5.48. The predicted molar refractivity (Wildman–Crippen MR) is 108 cm³/mol. The summed E-state index contributed by atoms with van der Waals surface area (Å²) in [6, 6.07) is 5.31. The second kappa shape index (κ2) is 8.01. The third-order valence-corrected chi connectivity index (χ3v) is 5.48. The first kappa shape index (κ1) is 20.8. The number of nitrogens with one attached hydrogen (secondary N) is 1. The molecule has 1 amide bonds. The number of rotatable bonds is 4. The minimum atomic E-state index is -4.82. The fraction of sp³-hybridized carbons (Fsp3) is 0.333. The summed E-state index contributed by atoms with van der Waals surface area (Å²) < 4.78 is 46.2. The van der Waals surface area contributed by atoms with Crippen LogP contribution in [0.15, 0.2) is 36.7 Å². The van der Waals surface area contributed by atoms with E-state index in [4.69, 9.17) is 10.5 Å². The molecule has 1 fully saturated rings. The molecule has 0 aliphatic carbocycles. The molecule has 31 heavy (non-hydrogen) atoms. The molecule has 1 aliphatic rings. The van der Waals surface area contributed by atoms with E-state index in [2.05, 4.69) is 14.7 Å². The van der Waals surface area contributed by atoms with Crippen molar-refractivity contribution in [1.82, 2.24) is 14.9 Å². The quantitative estimate of drug-likeness (QED) is 0.604. The number of likely N-dealkylation sites (tertiary alicyclic amines) is 1. The number of ether oxygens (including phenoxy) is 2. The van der Waals surface area contributed by atoms with Crippen molar-refractivity contribution in [2.45, 2.75) is 25.1 Å². The van der Waals surface area contributed by atoms with Gasteiger partial charge in [0.25, 0.3) is 5.91 Å². The van der Waals surface area contributed by atoms with E-state index in [-0.39, 0.29) is 23.1 Å². The van der Waals surface area contributed by atoms with Crippen molar-refractivity contribution in [1.29, 1.82) is 0 Å². The van der Waals surface area contributed by atoms with Gasteiger partial charge in [0.15, 0.2) is 0 Å². The number of fused-ring (bicyclic) bond motifs is 1. The molecule has 0 saturated carbocycles.